The zero-order valence-corrected chi connectivity index (χ0v) is 13.3. The minimum absolute atomic E-state index is 0.118. The van der Waals surface area contributed by atoms with Gasteiger partial charge in [0.25, 0.3) is 0 Å². The van der Waals surface area contributed by atoms with Gasteiger partial charge in [-0.05, 0) is 50.4 Å². The van der Waals surface area contributed by atoms with Gasteiger partial charge in [-0.3, -0.25) is 4.79 Å². The van der Waals surface area contributed by atoms with E-state index in [4.69, 9.17) is 9.15 Å². The van der Waals surface area contributed by atoms with E-state index in [0.717, 1.165) is 57.8 Å². The maximum Gasteiger partial charge on any atom is 0.223 e. The molecule has 122 valence electrons. The highest BCUT2D eigenvalue weighted by atomic mass is 16.5. The smallest absolute Gasteiger partial charge is 0.223 e. The van der Waals surface area contributed by atoms with Crippen LogP contribution in [0, 0.1) is 11.8 Å². The molecule has 0 radical (unpaired) electrons. The molecule has 1 aliphatic heterocycles. The van der Waals surface area contributed by atoms with Crippen molar-refractivity contribution in [1.29, 1.82) is 0 Å². The Balaban J connectivity index is 1.33. The number of furan rings is 1. The van der Waals surface area contributed by atoms with E-state index < -0.39 is 0 Å². The average Bonchev–Trinajstić information content (AvgIpc) is 3.17. The Morgan fingerprint density at radius 3 is 2.95 bits per heavy atom. The van der Waals surface area contributed by atoms with Crippen molar-refractivity contribution in [3.8, 4) is 0 Å². The first-order chi connectivity index (χ1) is 10.8. The Kier molecular flexibility index (Phi) is 5.16. The van der Waals surface area contributed by atoms with Gasteiger partial charge in [-0.2, -0.15) is 0 Å². The zero-order chi connectivity index (χ0) is 15.4. The van der Waals surface area contributed by atoms with Crippen molar-refractivity contribution in [2.24, 2.45) is 11.8 Å². The van der Waals surface area contributed by atoms with Crippen LogP contribution < -0.4 is 5.32 Å². The molecule has 2 fully saturated rings. The quantitative estimate of drug-likeness (QED) is 0.835. The molecule has 0 bridgehead atoms. The monoisotopic (exact) mass is 306 g/mol. The highest BCUT2D eigenvalue weighted by Gasteiger charge is 2.45. The number of likely N-dealkylation sites (tertiary alicyclic amines) is 1. The van der Waals surface area contributed by atoms with Gasteiger partial charge in [-0.25, -0.2) is 0 Å². The normalized spacial score (nSPS) is 26.0. The van der Waals surface area contributed by atoms with E-state index in [9.17, 15) is 4.79 Å². The second-order valence-corrected chi connectivity index (χ2v) is 6.49. The lowest BCUT2D eigenvalue weighted by Crippen LogP contribution is -2.40. The molecule has 22 heavy (non-hydrogen) atoms. The molecule has 1 saturated carbocycles. The fraction of sp³-hybridized carbons (Fsp3) is 0.706. The lowest BCUT2D eigenvalue weighted by Gasteiger charge is -2.31. The third-order valence-corrected chi connectivity index (χ3v) is 4.92. The fourth-order valence-electron chi connectivity index (χ4n) is 3.31. The predicted octanol–water partition coefficient (Wildman–Crippen LogP) is 1.86. The highest BCUT2D eigenvalue weighted by Crippen LogP contribution is 2.47. The van der Waals surface area contributed by atoms with E-state index in [0.29, 0.717) is 11.8 Å². The summed E-state index contributed by atoms with van der Waals surface area (Å²) in [6.45, 7) is 4.86. The van der Waals surface area contributed by atoms with Crippen molar-refractivity contribution in [2.45, 2.75) is 25.2 Å². The Morgan fingerprint density at radius 1 is 1.45 bits per heavy atom. The molecule has 3 rings (SSSR count). The Morgan fingerprint density at radius 2 is 2.27 bits per heavy atom. The van der Waals surface area contributed by atoms with E-state index in [1.54, 1.807) is 13.4 Å². The standard InChI is InChI=1S/C17H26N2O3/c1-21-10-8-19-6-4-13(5-7-19)12-18-17(20)15-11-14(15)16-3-2-9-22-16/h2-3,9,13-15H,4-8,10-12H2,1H3,(H,18,20). The first kappa shape index (κ1) is 15.6. The summed E-state index contributed by atoms with van der Waals surface area (Å²) in [4.78, 5) is 14.6. The molecule has 1 N–H and O–H groups in total. The maximum atomic E-state index is 12.2. The van der Waals surface area contributed by atoms with Crippen molar-refractivity contribution in [3.05, 3.63) is 24.2 Å². The molecule has 1 saturated heterocycles. The number of amides is 1. The lowest BCUT2D eigenvalue weighted by atomic mass is 9.97. The van der Waals surface area contributed by atoms with Crippen LogP contribution in [-0.4, -0.2) is 50.7 Å². The number of carbonyl (C=O) groups is 1. The topological polar surface area (TPSA) is 54.7 Å². The summed E-state index contributed by atoms with van der Waals surface area (Å²) >= 11 is 0. The minimum atomic E-state index is 0.118. The summed E-state index contributed by atoms with van der Waals surface area (Å²) in [6, 6.07) is 3.85. The lowest BCUT2D eigenvalue weighted by molar-refractivity contribution is -0.122. The number of piperidine rings is 1. The van der Waals surface area contributed by atoms with Gasteiger partial charge in [0.05, 0.1) is 12.9 Å². The second kappa shape index (κ2) is 7.29. The number of ether oxygens (including phenoxy) is 1. The Labute approximate surface area is 132 Å². The van der Waals surface area contributed by atoms with Gasteiger partial charge in [0, 0.05) is 32.0 Å². The van der Waals surface area contributed by atoms with E-state index in [1.165, 1.54) is 0 Å². The molecule has 2 unspecified atom stereocenters. The molecule has 0 aromatic carbocycles. The molecule has 0 spiro atoms. The summed E-state index contributed by atoms with van der Waals surface area (Å²) in [6.07, 6.45) is 4.93. The van der Waals surface area contributed by atoms with Crippen LogP contribution in [0.5, 0.6) is 0 Å². The largest absolute Gasteiger partial charge is 0.469 e. The molecule has 2 atom stereocenters. The average molecular weight is 306 g/mol. The van der Waals surface area contributed by atoms with Crippen molar-refractivity contribution in [2.75, 3.05) is 39.9 Å². The summed E-state index contributed by atoms with van der Waals surface area (Å²) < 4.78 is 10.5. The van der Waals surface area contributed by atoms with Crippen LogP contribution in [0.2, 0.25) is 0 Å². The molecular formula is C17H26N2O3. The summed E-state index contributed by atoms with van der Waals surface area (Å²) in [7, 11) is 1.75. The third-order valence-electron chi connectivity index (χ3n) is 4.92. The summed E-state index contributed by atoms with van der Waals surface area (Å²) in [5.41, 5.74) is 0. The second-order valence-electron chi connectivity index (χ2n) is 6.49. The molecule has 1 aromatic rings. The third kappa shape index (κ3) is 3.90. The number of nitrogens with zero attached hydrogens (tertiary/aromatic N) is 1. The minimum Gasteiger partial charge on any atom is -0.469 e. The van der Waals surface area contributed by atoms with Crippen LogP contribution in [0.3, 0.4) is 0 Å². The molecular weight excluding hydrogens is 280 g/mol. The first-order valence-electron chi connectivity index (χ1n) is 8.30. The number of hydrogen-bond acceptors (Lipinski definition) is 4. The van der Waals surface area contributed by atoms with Gasteiger partial charge >= 0.3 is 0 Å². The van der Waals surface area contributed by atoms with Crippen LogP contribution in [0.25, 0.3) is 0 Å². The van der Waals surface area contributed by atoms with E-state index in [2.05, 4.69) is 10.2 Å². The van der Waals surface area contributed by atoms with Gasteiger partial charge < -0.3 is 19.4 Å². The molecule has 5 heteroatoms. The van der Waals surface area contributed by atoms with E-state index >= 15 is 0 Å². The molecule has 2 heterocycles. The van der Waals surface area contributed by atoms with E-state index in [-0.39, 0.29) is 11.8 Å². The van der Waals surface area contributed by atoms with Gasteiger partial charge in [-0.1, -0.05) is 0 Å². The van der Waals surface area contributed by atoms with Gasteiger partial charge in [0.15, 0.2) is 0 Å². The number of carbonyl (C=O) groups excluding carboxylic acids is 1. The first-order valence-corrected chi connectivity index (χ1v) is 8.30. The number of hydrogen-bond donors (Lipinski definition) is 1. The van der Waals surface area contributed by atoms with Gasteiger partial charge in [0.2, 0.25) is 5.91 Å². The molecule has 5 nitrogen and oxygen atoms in total. The summed E-state index contributed by atoms with van der Waals surface area (Å²) in [5.74, 6) is 2.18. The van der Waals surface area contributed by atoms with Crippen molar-refractivity contribution < 1.29 is 13.9 Å². The fourth-order valence-corrected chi connectivity index (χ4v) is 3.31. The van der Waals surface area contributed by atoms with Crippen LogP contribution in [-0.2, 0) is 9.53 Å². The van der Waals surface area contributed by atoms with Crippen LogP contribution >= 0.6 is 0 Å². The number of nitrogens with one attached hydrogen (secondary N) is 1. The van der Waals surface area contributed by atoms with Crippen LogP contribution in [0.15, 0.2) is 22.8 Å². The van der Waals surface area contributed by atoms with E-state index in [1.807, 2.05) is 12.1 Å². The SMILES string of the molecule is COCCN1CCC(CNC(=O)C2CC2c2ccco2)CC1. The predicted molar refractivity (Wildman–Crippen MR) is 83.6 cm³/mol. The van der Waals surface area contributed by atoms with Crippen molar-refractivity contribution in [3.63, 3.8) is 0 Å². The van der Waals surface area contributed by atoms with Crippen molar-refractivity contribution in [1.82, 2.24) is 10.2 Å². The zero-order valence-electron chi connectivity index (χ0n) is 13.3. The molecule has 1 aromatic heterocycles. The number of methoxy groups -OCH3 is 1. The van der Waals surface area contributed by atoms with Crippen molar-refractivity contribution >= 4 is 5.91 Å². The van der Waals surface area contributed by atoms with Crippen LogP contribution in [0.1, 0.15) is 30.9 Å². The van der Waals surface area contributed by atoms with Gasteiger partial charge in [0.1, 0.15) is 5.76 Å². The maximum absolute atomic E-state index is 12.2. The molecule has 1 aliphatic carbocycles. The molecule has 1 amide bonds. The van der Waals surface area contributed by atoms with Crippen LogP contribution in [0.4, 0.5) is 0 Å². The summed E-state index contributed by atoms with van der Waals surface area (Å²) in [5, 5.41) is 3.14. The Hall–Kier alpha value is -1.33. The molecule has 2 aliphatic rings. The number of rotatable bonds is 7. The van der Waals surface area contributed by atoms with Gasteiger partial charge in [-0.15, -0.1) is 0 Å². The highest BCUT2D eigenvalue weighted by molar-refractivity contribution is 5.82. The Bertz CT molecular complexity index is 466.